The first-order valence-electron chi connectivity index (χ1n) is 11.3. The van der Waals surface area contributed by atoms with Crippen LogP contribution in [0.3, 0.4) is 0 Å². The molecule has 0 atom stereocenters. The van der Waals surface area contributed by atoms with Crippen LogP contribution < -0.4 is 9.47 Å². The van der Waals surface area contributed by atoms with Gasteiger partial charge < -0.3 is 9.47 Å². The highest BCUT2D eigenvalue weighted by atomic mass is 32.2. The van der Waals surface area contributed by atoms with Crippen molar-refractivity contribution in [2.45, 2.75) is 20.1 Å². The number of nitriles is 1. The van der Waals surface area contributed by atoms with Gasteiger partial charge in [-0.25, -0.2) is 0 Å². The number of carbonyl (C=O) groups is 2. The van der Waals surface area contributed by atoms with E-state index in [1.807, 2.05) is 19.1 Å². The zero-order valence-corrected chi connectivity index (χ0v) is 20.6. The Morgan fingerprint density at radius 2 is 1.86 bits per heavy atom. The fourth-order valence-corrected chi connectivity index (χ4v) is 4.49. The highest BCUT2D eigenvalue weighted by molar-refractivity contribution is 8.18. The van der Waals surface area contributed by atoms with Crippen molar-refractivity contribution in [2.75, 3.05) is 6.61 Å². The molecule has 0 radical (unpaired) electrons. The summed E-state index contributed by atoms with van der Waals surface area (Å²) in [4.78, 5) is 37.3. The third-order valence-corrected chi connectivity index (χ3v) is 6.33. The molecular weight excluding hydrogens is 494 g/mol. The van der Waals surface area contributed by atoms with E-state index in [2.05, 4.69) is 6.07 Å². The van der Waals surface area contributed by atoms with Crippen molar-refractivity contribution in [3.63, 3.8) is 0 Å². The third-order valence-electron chi connectivity index (χ3n) is 5.42. The van der Waals surface area contributed by atoms with E-state index < -0.39 is 16.1 Å². The molecule has 0 spiro atoms. The van der Waals surface area contributed by atoms with Crippen LogP contribution in [0.25, 0.3) is 6.08 Å². The first-order chi connectivity index (χ1) is 17.9. The number of nitro groups is 1. The molecule has 3 aromatic carbocycles. The zero-order valence-electron chi connectivity index (χ0n) is 19.7. The lowest BCUT2D eigenvalue weighted by Gasteiger charge is -2.13. The van der Waals surface area contributed by atoms with E-state index in [9.17, 15) is 25.0 Å². The monoisotopic (exact) mass is 515 g/mol. The molecular formula is C27H21N3O6S. The molecule has 1 aliphatic rings. The van der Waals surface area contributed by atoms with Gasteiger partial charge in [0.15, 0.2) is 11.5 Å². The summed E-state index contributed by atoms with van der Waals surface area (Å²) in [6, 6.07) is 20.3. The molecule has 2 amide bonds. The van der Waals surface area contributed by atoms with Crippen LogP contribution in [0.5, 0.6) is 11.5 Å². The Kier molecular flexibility index (Phi) is 7.86. The van der Waals surface area contributed by atoms with Crippen molar-refractivity contribution in [3.05, 3.63) is 104 Å². The SMILES string of the molecule is CCOc1cc(C=C2SC(=O)N(Cc3cccc([N+](=O)[O-])c3)C2=O)ccc1OCc1ccccc1C#N. The predicted molar refractivity (Wildman–Crippen MR) is 138 cm³/mol. The number of rotatable bonds is 9. The Morgan fingerprint density at radius 1 is 1.05 bits per heavy atom. The summed E-state index contributed by atoms with van der Waals surface area (Å²) in [6.45, 7) is 2.33. The molecule has 9 nitrogen and oxygen atoms in total. The zero-order chi connectivity index (χ0) is 26.4. The van der Waals surface area contributed by atoms with Gasteiger partial charge in [0.05, 0.1) is 34.6 Å². The van der Waals surface area contributed by atoms with Crippen LogP contribution in [0.1, 0.15) is 29.2 Å². The van der Waals surface area contributed by atoms with Crippen LogP contribution in [0.2, 0.25) is 0 Å². The molecule has 0 saturated carbocycles. The van der Waals surface area contributed by atoms with Crippen molar-refractivity contribution in [3.8, 4) is 17.6 Å². The van der Waals surface area contributed by atoms with Gasteiger partial charge in [0.2, 0.25) is 0 Å². The predicted octanol–water partition coefficient (Wildman–Crippen LogP) is 5.68. The number of benzene rings is 3. The lowest BCUT2D eigenvalue weighted by atomic mass is 10.1. The Balaban J connectivity index is 1.52. The first-order valence-corrected chi connectivity index (χ1v) is 12.1. The average Bonchev–Trinajstić information content (AvgIpc) is 3.16. The van der Waals surface area contributed by atoms with E-state index in [-0.39, 0.29) is 23.7 Å². The molecule has 0 aliphatic carbocycles. The van der Waals surface area contributed by atoms with Crippen LogP contribution in [-0.4, -0.2) is 27.6 Å². The van der Waals surface area contributed by atoms with Crippen LogP contribution in [0, 0.1) is 21.4 Å². The second-order valence-electron chi connectivity index (χ2n) is 7.89. The van der Waals surface area contributed by atoms with Crippen molar-refractivity contribution in [2.24, 2.45) is 0 Å². The molecule has 0 aromatic heterocycles. The van der Waals surface area contributed by atoms with Crippen molar-refractivity contribution in [1.82, 2.24) is 4.90 Å². The number of carbonyl (C=O) groups excluding carboxylic acids is 2. The summed E-state index contributed by atoms with van der Waals surface area (Å²) in [5.41, 5.74) is 2.28. The molecule has 1 fully saturated rings. The molecule has 37 heavy (non-hydrogen) atoms. The number of nitrogens with zero attached hydrogens (tertiary/aromatic N) is 3. The Bertz CT molecular complexity index is 1450. The highest BCUT2D eigenvalue weighted by Gasteiger charge is 2.35. The summed E-state index contributed by atoms with van der Waals surface area (Å²) in [5.74, 6) is 0.458. The van der Waals surface area contributed by atoms with E-state index in [1.165, 1.54) is 18.2 Å². The summed E-state index contributed by atoms with van der Waals surface area (Å²) in [7, 11) is 0. The van der Waals surface area contributed by atoms with Crippen LogP contribution in [-0.2, 0) is 17.9 Å². The number of amides is 2. The maximum Gasteiger partial charge on any atom is 0.293 e. The Labute approximate surface area is 217 Å². The maximum absolute atomic E-state index is 12.9. The van der Waals surface area contributed by atoms with Crippen LogP contribution in [0.4, 0.5) is 10.5 Å². The normalized spacial score (nSPS) is 14.1. The molecule has 4 rings (SSSR count). The second kappa shape index (κ2) is 11.4. The van der Waals surface area contributed by atoms with Gasteiger partial charge >= 0.3 is 0 Å². The number of ether oxygens (including phenoxy) is 2. The standard InChI is InChI=1S/C27H21N3O6S/c1-2-35-24-13-18(10-11-23(24)36-17-21-8-4-3-7-20(21)15-28)14-25-26(31)29(27(32)37-25)16-19-6-5-9-22(12-19)30(33)34/h3-14H,2,16-17H2,1H3. The van der Waals surface area contributed by atoms with Gasteiger partial charge in [-0.05, 0) is 54.1 Å². The molecule has 0 unspecified atom stereocenters. The van der Waals surface area contributed by atoms with Gasteiger partial charge in [-0.2, -0.15) is 5.26 Å². The minimum atomic E-state index is -0.525. The van der Waals surface area contributed by atoms with Crippen molar-refractivity contribution >= 4 is 34.7 Å². The third kappa shape index (κ3) is 5.97. The number of thioether (sulfide) groups is 1. The first kappa shape index (κ1) is 25.5. The van der Waals surface area contributed by atoms with Gasteiger partial charge in [0.1, 0.15) is 6.61 Å². The quantitative estimate of drug-likeness (QED) is 0.203. The molecule has 3 aromatic rings. The lowest BCUT2D eigenvalue weighted by molar-refractivity contribution is -0.384. The minimum Gasteiger partial charge on any atom is -0.490 e. The second-order valence-corrected chi connectivity index (χ2v) is 8.88. The molecule has 1 aliphatic heterocycles. The lowest BCUT2D eigenvalue weighted by Crippen LogP contribution is -2.27. The Hall–Kier alpha value is -4.62. The average molecular weight is 516 g/mol. The topological polar surface area (TPSA) is 123 Å². The van der Waals surface area contributed by atoms with E-state index >= 15 is 0 Å². The molecule has 1 heterocycles. The van der Waals surface area contributed by atoms with Gasteiger partial charge in [0, 0.05) is 17.7 Å². The van der Waals surface area contributed by atoms with E-state index in [0.29, 0.717) is 34.8 Å². The molecule has 186 valence electrons. The highest BCUT2D eigenvalue weighted by Crippen LogP contribution is 2.36. The number of nitro benzene ring substituents is 1. The fraction of sp³-hybridized carbons (Fsp3) is 0.148. The largest absolute Gasteiger partial charge is 0.490 e. The number of hydrogen-bond donors (Lipinski definition) is 0. The molecule has 0 bridgehead atoms. The van der Waals surface area contributed by atoms with Gasteiger partial charge in [-0.1, -0.05) is 36.4 Å². The smallest absolute Gasteiger partial charge is 0.293 e. The summed E-state index contributed by atoms with van der Waals surface area (Å²) in [5, 5.41) is 19.9. The molecule has 10 heteroatoms. The minimum absolute atomic E-state index is 0.0647. The summed E-state index contributed by atoms with van der Waals surface area (Å²) >= 11 is 0.803. The number of hydrogen-bond acceptors (Lipinski definition) is 8. The molecule has 0 N–H and O–H groups in total. The van der Waals surface area contributed by atoms with Crippen LogP contribution >= 0.6 is 11.8 Å². The van der Waals surface area contributed by atoms with Gasteiger partial charge in [-0.3, -0.25) is 24.6 Å². The van der Waals surface area contributed by atoms with E-state index in [1.54, 1.807) is 42.5 Å². The maximum atomic E-state index is 12.9. The number of imide groups is 1. The summed E-state index contributed by atoms with van der Waals surface area (Å²) in [6.07, 6.45) is 1.59. The van der Waals surface area contributed by atoms with Crippen LogP contribution in [0.15, 0.2) is 71.6 Å². The molecule has 1 saturated heterocycles. The van der Waals surface area contributed by atoms with Crippen molar-refractivity contribution in [1.29, 1.82) is 5.26 Å². The Morgan fingerprint density at radius 3 is 2.62 bits per heavy atom. The summed E-state index contributed by atoms with van der Waals surface area (Å²) < 4.78 is 11.6. The van der Waals surface area contributed by atoms with E-state index in [4.69, 9.17) is 9.47 Å². The fourth-order valence-electron chi connectivity index (χ4n) is 3.65. The van der Waals surface area contributed by atoms with Gasteiger partial charge in [0.25, 0.3) is 16.8 Å². The van der Waals surface area contributed by atoms with E-state index in [0.717, 1.165) is 22.2 Å². The number of non-ortho nitro benzene ring substituents is 1. The van der Waals surface area contributed by atoms with Crippen molar-refractivity contribution < 1.29 is 24.0 Å². The van der Waals surface area contributed by atoms with Gasteiger partial charge in [-0.15, -0.1) is 0 Å².